The fourth-order valence-electron chi connectivity index (χ4n) is 3.03. The Morgan fingerprint density at radius 3 is 2.78 bits per heavy atom. The van der Waals surface area contributed by atoms with Crippen molar-refractivity contribution in [3.8, 4) is 10.6 Å². The zero-order valence-electron chi connectivity index (χ0n) is 13.5. The molecule has 0 aliphatic carbocycles. The Morgan fingerprint density at radius 2 is 2.13 bits per heavy atom. The Hall–Kier alpha value is -1.72. The SMILES string of the molecule is CC(C)c1ccc(-c2nc(CN3CCC[C@@H]3C(=O)O)cs2)cc1. The normalized spacial score (nSPS) is 18.7. The van der Waals surface area contributed by atoms with Crippen LogP contribution in [0.3, 0.4) is 0 Å². The Labute approximate surface area is 140 Å². The minimum Gasteiger partial charge on any atom is -0.480 e. The first-order valence-electron chi connectivity index (χ1n) is 8.06. The maximum atomic E-state index is 11.3. The number of carboxylic acid groups (broad SMARTS) is 1. The zero-order valence-corrected chi connectivity index (χ0v) is 14.3. The standard InChI is InChI=1S/C18H22N2O2S/c1-12(2)13-5-7-14(8-6-13)17-19-15(11-23-17)10-20-9-3-4-16(20)18(21)22/h5-8,11-12,16H,3-4,9-10H2,1-2H3,(H,21,22)/t16-/m1/s1. The highest BCUT2D eigenvalue weighted by Gasteiger charge is 2.30. The summed E-state index contributed by atoms with van der Waals surface area (Å²) in [6.07, 6.45) is 1.69. The van der Waals surface area contributed by atoms with Gasteiger partial charge in [-0.15, -0.1) is 11.3 Å². The number of aliphatic carboxylic acids is 1. The number of benzene rings is 1. The first-order valence-corrected chi connectivity index (χ1v) is 8.94. The highest BCUT2D eigenvalue weighted by Crippen LogP contribution is 2.27. The smallest absolute Gasteiger partial charge is 0.320 e. The molecule has 1 aliphatic heterocycles. The van der Waals surface area contributed by atoms with Crippen LogP contribution < -0.4 is 0 Å². The summed E-state index contributed by atoms with van der Waals surface area (Å²) in [5.74, 6) is -0.193. The fourth-order valence-corrected chi connectivity index (χ4v) is 3.84. The van der Waals surface area contributed by atoms with Gasteiger partial charge in [0.25, 0.3) is 0 Å². The number of thiazole rings is 1. The molecule has 1 atom stereocenters. The molecule has 0 radical (unpaired) electrons. The van der Waals surface area contributed by atoms with Crippen molar-refractivity contribution < 1.29 is 9.90 Å². The summed E-state index contributed by atoms with van der Waals surface area (Å²) in [4.78, 5) is 18.0. The van der Waals surface area contributed by atoms with Gasteiger partial charge in [-0.2, -0.15) is 0 Å². The molecule has 4 nitrogen and oxygen atoms in total. The van der Waals surface area contributed by atoms with Gasteiger partial charge in [-0.3, -0.25) is 9.69 Å². The number of likely N-dealkylation sites (tertiary alicyclic amines) is 1. The van der Waals surface area contributed by atoms with Gasteiger partial charge < -0.3 is 5.11 Å². The molecule has 0 saturated carbocycles. The van der Waals surface area contributed by atoms with Crippen LogP contribution in [0.4, 0.5) is 0 Å². The van der Waals surface area contributed by atoms with Crippen molar-refractivity contribution >= 4 is 17.3 Å². The van der Waals surface area contributed by atoms with Gasteiger partial charge in [0, 0.05) is 17.5 Å². The van der Waals surface area contributed by atoms with E-state index in [0.29, 0.717) is 12.5 Å². The van der Waals surface area contributed by atoms with E-state index in [1.54, 1.807) is 11.3 Å². The van der Waals surface area contributed by atoms with Crippen LogP contribution in [-0.4, -0.2) is 33.5 Å². The Bertz CT molecular complexity index is 679. The first kappa shape index (κ1) is 16.1. The third-order valence-electron chi connectivity index (χ3n) is 4.39. The van der Waals surface area contributed by atoms with E-state index in [0.717, 1.165) is 35.7 Å². The molecule has 0 spiro atoms. The molecule has 23 heavy (non-hydrogen) atoms. The van der Waals surface area contributed by atoms with Crippen LogP contribution in [0.15, 0.2) is 29.6 Å². The van der Waals surface area contributed by atoms with E-state index in [1.807, 2.05) is 10.3 Å². The second kappa shape index (κ2) is 6.81. The third kappa shape index (κ3) is 3.62. The molecule has 1 aromatic heterocycles. The fraction of sp³-hybridized carbons (Fsp3) is 0.444. The predicted octanol–water partition coefficient (Wildman–Crippen LogP) is 3.98. The maximum Gasteiger partial charge on any atom is 0.320 e. The molecule has 1 N–H and O–H groups in total. The lowest BCUT2D eigenvalue weighted by Gasteiger charge is -2.19. The molecule has 5 heteroatoms. The van der Waals surface area contributed by atoms with Gasteiger partial charge >= 0.3 is 5.97 Å². The lowest BCUT2D eigenvalue weighted by Crippen LogP contribution is -2.35. The lowest BCUT2D eigenvalue weighted by molar-refractivity contribution is -0.142. The van der Waals surface area contributed by atoms with Crippen LogP contribution in [0.25, 0.3) is 10.6 Å². The molecule has 1 fully saturated rings. The Kier molecular flexibility index (Phi) is 4.78. The minimum absolute atomic E-state index is 0.356. The quantitative estimate of drug-likeness (QED) is 0.901. The Morgan fingerprint density at radius 1 is 1.39 bits per heavy atom. The molecule has 1 saturated heterocycles. The molecule has 3 rings (SSSR count). The van der Waals surface area contributed by atoms with Gasteiger partial charge in [0.1, 0.15) is 11.0 Å². The molecular weight excluding hydrogens is 308 g/mol. The van der Waals surface area contributed by atoms with E-state index in [4.69, 9.17) is 4.98 Å². The zero-order chi connectivity index (χ0) is 16.4. The van der Waals surface area contributed by atoms with E-state index >= 15 is 0 Å². The third-order valence-corrected chi connectivity index (χ3v) is 5.33. The van der Waals surface area contributed by atoms with Gasteiger partial charge in [-0.05, 0) is 30.9 Å². The van der Waals surface area contributed by atoms with Gasteiger partial charge in [0.15, 0.2) is 0 Å². The number of carbonyl (C=O) groups is 1. The molecular formula is C18H22N2O2S. The van der Waals surface area contributed by atoms with Gasteiger partial charge in [0.05, 0.1) is 5.69 Å². The number of aromatic nitrogens is 1. The molecule has 2 aromatic rings. The van der Waals surface area contributed by atoms with Gasteiger partial charge in [-0.1, -0.05) is 38.1 Å². The molecule has 2 heterocycles. The molecule has 0 amide bonds. The van der Waals surface area contributed by atoms with Crippen LogP contribution in [0.5, 0.6) is 0 Å². The van der Waals surface area contributed by atoms with E-state index in [1.165, 1.54) is 5.56 Å². The lowest BCUT2D eigenvalue weighted by atomic mass is 10.0. The predicted molar refractivity (Wildman–Crippen MR) is 92.7 cm³/mol. The molecule has 0 bridgehead atoms. The number of hydrogen-bond acceptors (Lipinski definition) is 4. The summed E-state index contributed by atoms with van der Waals surface area (Å²) in [5, 5.41) is 12.3. The summed E-state index contributed by atoms with van der Waals surface area (Å²) < 4.78 is 0. The summed E-state index contributed by atoms with van der Waals surface area (Å²) in [7, 11) is 0. The van der Waals surface area contributed by atoms with Crippen molar-refractivity contribution in [2.45, 2.75) is 45.2 Å². The highest BCUT2D eigenvalue weighted by atomic mass is 32.1. The first-order chi connectivity index (χ1) is 11.0. The highest BCUT2D eigenvalue weighted by molar-refractivity contribution is 7.13. The average Bonchev–Trinajstić information content (AvgIpc) is 3.17. The molecule has 0 unspecified atom stereocenters. The van der Waals surface area contributed by atoms with Crippen LogP contribution in [-0.2, 0) is 11.3 Å². The number of carboxylic acids is 1. The van der Waals surface area contributed by atoms with Crippen molar-refractivity contribution in [3.05, 3.63) is 40.9 Å². The second-order valence-corrected chi connectivity index (χ2v) is 7.25. The van der Waals surface area contributed by atoms with E-state index < -0.39 is 5.97 Å². The van der Waals surface area contributed by atoms with E-state index in [9.17, 15) is 9.90 Å². The Balaban J connectivity index is 1.71. The van der Waals surface area contributed by atoms with Crippen molar-refractivity contribution in [1.29, 1.82) is 0 Å². The number of nitrogens with zero attached hydrogens (tertiary/aromatic N) is 2. The summed E-state index contributed by atoms with van der Waals surface area (Å²) in [6.45, 7) is 5.83. The van der Waals surface area contributed by atoms with Crippen molar-refractivity contribution in [1.82, 2.24) is 9.88 Å². The summed E-state index contributed by atoms with van der Waals surface area (Å²) in [6, 6.07) is 8.19. The summed E-state index contributed by atoms with van der Waals surface area (Å²) >= 11 is 1.62. The molecule has 1 aromatic carbocycles. The number of hydrogen-bond donors (Lipinski definition) is 1. The van der Waals surface area contributed by atoms with Crippen LogP contribution in [0.2, 0.25) is 0 Å². The monoisotopic (exact) mass is 330 g/mol. The van der Waals surface area contributed by atoms with E-state index in [-0.39, 0.29) is 6.04 Å². The van der Waals surface area contributed by atoms with Crippen molar-refractivity contribution in [3.63, 3.8) is 0 Å². The van der Waals surface area contributed by atoms with Crippen molar-refractivity contribution in [2.24, 2.45) is 0 Å². The number of rotatable bonds is 5. The van der Waals surface area contributed by atoms with Crippen LogP contribution in [0.1, 0.15) is 43.9 Å². The second-order valence-electron chi connectivity index (χ2n) is 6.39. The van der Waals surface area contributed by atoms with Gasteiger partial charge in [0.2, 0.25) is 0 Å². The summed E-state index contributed by atoms with van der Waals surface area (Å²) in [5.41, 5.74) is 3.42. The average molecular weight is 330 g/mol. The minimum atomic E-state index is -0.720. The molecule has 122 valence electrons. The van der Waals surface area contributed by atoms with E-state index in [2.05, 4.69) is 38.1 Å². The topological polar surface area (TPSA) is 53.4 Å². The largest absolute Gasteiger partial charge is 0.480 e. The maximum absolute atomic E-state index is 11.3. The van der Waals surface area contributed by atoms with Crippen LogP contribution in [0, 0.1) is 0 Å². The van der Waals surface area contributed by atoms with Crippen molar-refractivity contribution in [2.75, 3.05) is 6.54 Å². The van der Waals surface area contributed by atoms with Gasteiger partial charge in [-0.25, -0.2) is 4.98 Å². The van der Waals surface area contributed by atoms with Crippen LogP contribution >= 0.6 is 11.3 Å². The molecule has 1 aliphatic rings.